The maximum Gasteiger partial charge on any atom is 0.330 e. The average molecular weight is 295 g/mol. The summed E-state index contributed by atoms with van der Waals surface area (Å²) in [6.07, 6.45) is 0. The first kappa shape index (κ1) is 25.7. The molecule has 0 aliphatic carbocycles. The number of rotatable bonds is 3. The van der Waals surface area contributed by atoms with Crippen LogP contribution in [0.4, 0.5) is 0 Å². The first-order valence-corrected chi connectivity index (χ1v) is 4.59. The molecule has 6 nitrogen and oxygen atoms in total. The van der Waals surface area contributed by atoms with Gasteiger partial charge in [0, 0.05) is 16.7 Å². The van der Waals surface area contributed by atoms with E-state index >= 15 is 0 Å². The lowest BCUT2D eigenvalue weighted by Crippen LogP contribution is -1.92. The summed E-state index contributed by atoms with van der Waals surface area (Å²) in [5, 5.41) is 23.7. The fourth-order valence-electron chi connectivity index (χ4n) is 0. The largest absolute Gasteiger partial charge is 0.478 e. The van der Waals surface area contributed by atoms with Crippen LogP contribution in [-0.4, -0.2) is 33.2 Å². The number of carboxylic acids is 3. The zero-order valence-electron chi connectivity index (χ0n) is 11.1. The van der Waals surface area contributed by atoms with E-state index in [1.54, 1.807) is 0 Å². The van der Waals surface area contributed by atoms with Gasteiger partial charge in [0.25, 0.3) is 0 Å². The Morgan fingerprint density at radius 1 is 0.632 bits per heavy atom. The summed E-state index contributed by atoms with van der Waals surface area (Å²) < 4.78 is 0. The van der Waals surface area contributed by atoms with Gasteiger partial charge in [-0.3, -0.25) is 0 Å². The number of halogens is 1. The van der Waals surface area contributed by atoms with Crippen LogP contribution in [0.2, 0.25) is 0 Å². The molecule has 0 heterocycles. The third-order valence-corrected chi connectivity index (χ3v) is 1.10. The van der Waals surface area contributed by atoms with Crippen molar-refractivity contribution >= 4 is 30.3 Å². The normalized spacial score (nSPS) is 7.11. The van der Waals surface area contributed by atoms with Crippen molar-refractivity contribution < 1.29 is 29.7 Å². The molecule has 0 spiro atoms. The first-order chi connectivity index (χ1) is 7.93. The van der Waals surface area contributed by atoms with Crippen molar-refractivity contribution in [3.05, 3.63) is 36.5 Å². The molecule has 0 aliphatic rings. The maximum absolute atomic E-state index is 9.60. The summed E-state index contributed by atoms with van der Waals surface area (Å²) in [7, 11) is 0. The van der Waals surface area contributed by atoms with E-state index in [0.717, 1.165) is 0 Å². The number of aliphatic carboxylic acids is 3. The second-order valence-electron chi connectivity index (χ2n) is 3.26. The Hall–Kier alpha value is -2.08. The van der Waals surface area contributed by atoms with Gasteiger partial charge in [-0.05, 0) is 20.8 Å². The fourth-order valence-corrected chi connectivity index (χ4v) is 0. The maximum atomic E-state index is 9.60. The molecule has 19 heavy (non-hydrogen) atoms. The van der Waals surface area contributed by atoms with Gasteiger partial charge in [-0.25, -0.2) is 14.4 Å². The van der Waals surface area contributed by atoms with Crippen LogP contribution in [0, 0.1) is 0 Å². The van der Waals surface area contributed by atoms with E-state index in [0.29, 0.717) is 0 Å². The Morgan fingerprint density at radius 2 is 0.684 bits per heavy atom. The quantitative estimate of drug-likeness (QED) is 0.689. The highest BCUT2D eigenvalue weighted by Gasteiger charge is 1.91. The van der Waals surface area contributed by atoms with Gasteiger partial charge >= 0.3 is 17.9 Å². The SMILES string of the molecule is C=C(C)C(=O)O.C=C(C)C(=O)O.C=C(C)C(=O)O.Cl. The van der Waals surface area contributed by atoms with E-state index in [-0.39, 0.29) is 29.1 Å². The fraction of sp³-hybridized carbons (Fsp3) is 0.250. The van der Waals surface area contributed by atoms with Gasteiger partial charge in [0.2, 0.25) is 0 Å². The summed E-state index contributed by atoms with van der Waals surface area (Å²) >= 11 is 0. The van der Waals surface area contributed by atoms with Crippen LogP contribution < -0.4 is 0 Å². The van der Waals surface area contributed by atoms with E-state index in [4.69, 9.17) is 15.3 Å². The van der Waals surface area contributed by atoms with Gasteiger partial charge in [0.15, 0.2) is 0 Å². The highest BCUT2D eigenvalue weighted by molar-refractivity contribution is 5.86. The summed E-state index contributed by atoms with van der Waals surface area (Å²) in [4.78, 5) is 28.8. The third-order valence-electron chi connectivity index (χ3n) is 1.10. The minimum Gasteiger partial charge on any atom is -0.478 e. The molecule has 0 aromatic carbocycles. The second kappa shape index (κ2) is 14.0. The molecule has 0 fully saturated rings. The minimum atomic E-state index is -0.935. The number of hydrogen-bond donors (Lipinski definition) is 3. The molecule has 0 aromatic rings. The predicted molar refractivity (Wildman–Crippen MR) is 74.6 cm³/mol. The zero-order chi connectivity index (χ0) is 15.5. The molecule has 0 unspecified atom stereocenters. The highest BCUT2D eigenvalue weighted by Crippen LogP contribution is 1.82. The van der Waals surface area contributed by atoms with E-state index in [9.17, 15) is 14.4 Å². The molecule has 0 rings (SSSR count). The average Bonchev–Trinajstić information content (AvgIpc) is 2.18. The van der Waals surface area contributed by atoms with Crippen molar-refractivity contribution in [3.63, 3.8) is 0 Å². The van der Waals surface area contributed by atoms with Crippen LogP contribution in [0.3, 0.4) is 0 Å². The van der Waals surface area contributed by atoms with Crippen LogP contribution >= 0.6 is 12.4 Å². The Labute approximate surface area is 118 Å². The second-order valence-corrected chi connectivity index (χ2v) is 3.26. The molecule has 0 saturated carbocycles. The van der Waals surface area contributed by atoms with Crippen molar-refractivity contribution in [1.29, 1.82) is 0 Å². The van der Waals surface area contributed by atoms with Crippen LogP contribution in [0.1, 0.15) is 20.8 Å². The topological polar surface area (TPSA) is 112 Å². The van der Waals surface area contributed by atoms with Crippen LogP contribution in [-0.2, 0) is 14.4 Å². The molecule has 0 radical (unpaired) electrons. The third kappa shape index (κ3) is 31.3. The molecule has 3 N–H and O–H groups in total. The molecular weight excluding hydrogens is 276 g/mol. The van der Waals surface area contributed by atoms with Crippen molar-refractivity contribution in [3.8, 4) is 0 Å². The summed E-state index contributed by atoms with van der Waals surface area (Å²) in [6.45, 7) is 13.8. The lowest BCUT2D eigenvalue weighted by molar-refractivity contribution is -0.133. The standard InChI is InChI=1S/3C4H6O2.ClH/c3*1-3(2)4(5)6;/h3*1H2,2H3,(H,5,6);1H. The molecule has 0 bridgehead atoms. The molecule has 7 heteroatoms. The lowest BCUT2D eigenvalue weighted by atomic mass is 10.4. The van der Waals surface area contributed by atoms with E-state index < -0.39 is 17.9 Å². The Kier molecular flexibility index (Phi) is 18.9. The van der Waals surface area contributed by atoms with Gasteiger partial charge in [0.05, 0.1) is 0 Å². The molecule has 0 amide bonds. The smallest absolute Gasteiger partial charge is 0.330 e. The molecule has 110 valence electrons. The Morgan fingerprint density at radius 3 is 0.684 bits per heavy atom. The summed E-state index contributed by atoms with van der Waals surface area (Å²) in [5.41, 5.74) is 0.528. The molecular formula is C12H19ClO6. The van der Waals surface area contributed by atoms with Crippen LogP contribution in [0.15, 0.2) is 36.5 Å². The first-order valence-electron chi connectivity index (χ1n) is 4.59. The van der Waals surface area contributed by atoms with Gasteiger partial charge in [-0.1, -0.05) is 19.7 Å². The predicted octanol–water partition coefficient (Wildman–Crippen LogP) is 2.36. The van der Waals surface area contributed by atoms with Crippen molar-refractivity contribution in [2.24, 2.45) is 0 Å². The lowest BCUT2D eigenvalue weighted by Gasteiger charge is -1.79. The van der Waals surface area contributed by atoms with Gasteiger partial charge in [-0.15, -0.1) is 12.4 Å². The monoisotopic (exact) mass is 294 g/mol. The Bertz CT molecular complexity index is 277. The van der Waals surface area contributed by atoms with Crippen LogP contribution in [0.25, 0.3) is 0 Å². The summed E-state index contributed by atoms with van der Waals surface area (Å²) in [5.74, 6) is -2.81. The molecule has 0 aliphatic heterocycles. The van der Waals surface area contributed by atoms with Crippen molar-refractivity contribution in [1.82, 2.24) is 0 Å². The van der Waals surface area contributed by atoms with Gasteiger partial charge in [0.1, 0.15) is 0 Å². The molecule has 0 atom stereocenters. The van der Waals surface area contributed by atoms with E-state index in [1.807, 2.05) is 0 Å². The Balaban J connectivity index is -0.0000000865. The number of hydrogen-bond acceptors (Lipinski definition) is 3. The van der Waals surface area contributed by atoms with E-state index in [2.05, 4.69) is 19.7 Å². The molecule has 0 aromatic heterocycles. The van der Waals surface area contributed by atoms with Crippen LogP contribution in [0.5, 0.6) is 0 Å². The number of carbonyl (C=O) groups is 3. The highest BCUT2D eigenvalue weighted by atomic mass is 35.5. The van der Waals surface area contributed by atoms with Gasteiger partial charge in [-0.2, -0.15) is 0 Å². The molecule has 0 saturated heterocycles. The number of carboxylic acid groups (broad SMARTS) is 3. The van der Waals surface area contributed by atoms with Crippen molar-refractivity contribution in [2.75, 3.05) is 0 Å². The zero-order valence-corrected chi connectivity index (χ0v) is 11.9. The minimum absolute atomic E-state index is 0. The summed E-state index contributed by atoms with van der Waals surface area (Å²) in [6, 6.07) is 0. The van der Waals surface area contributed by atoms with Crippen molar-refractivity contribution in [2.45, 2.75) is 20.8 Å². The van der Waals surface area contributed by atoms with Gasteiger partial charge < -0.3 is 15.3 Å². The van der Waals surface area contributed by atoms with E-state index in [1.165, 1.54) is 20.8 Å².